The largest absolute Gasteiger partial charge is 0.497 e. The third kappa shape index (κ3) is 11.5. The Morgan fingerprint density at radius 1 is 1.23 bits per heavy atom. The van der Waals surface area contributed by atoms with Crippen molar-refractivity contribution in [1.82, 2.24) is 4.90 Å². The highest BCUT2D eigenvalue weighted by atomic mass is 32.1. The minimum Gasteiger partial charge on any atom is -0.497 e. The average molecular weight is 399 g/mol. The number of allylic oxidation sites excluding steroid dienone is 1. The summed E-state index contributed by atoms with van der Waals surface area (Å²) in [6, 6.07) is 7.51. The number of amides is 1. The van der Waals surface area contributed by atoms with Gasteiger partial charge in [-0.1, -0.05) is 30.8 Å². The van der Waals surface area contributed by atoms with Gasteiger partial charge in [0.15, 0.2) is 5.78 Å². The van der Waals surface area contributed by atoms with E-state index in [-0.39, 0.29) is 5.78 Å². The van der Waals surface area contributed by atoms with Crippen molar-refractivity contribution in [3.05, 3.63) is 35.9 Å². The number of nitrogens with zero attached hydrogens (tertiary/aromatic N) is 1. The van der Waals surface area contributed by atoms with Crippen molar-refractivity contribution in [2.75, 3.05) is 26.8 Å². The number of methoxy groups -OCH3 is 1. The molecule has 1 rings (SSSR count). The quantitative estimate of drug-likeness (QED) is 0.397. The summed E-state index contributed by atoms with van der Waals surface area (Å²) in [7, 11) is 1.62. The zero-order valence-corrected chi connectivity index (χ0v) is 17.0. The van der Waals surface area contributed by atoms with Gasteiger partial charge in [-0.3, -0.25) is 9.59 Å². The lowest BCUT2D eigenvalue weighted by molar-refractivity contribution is -0.115. The topological polar surface area (TPSA) is 81.9 Å². The maximum Gasteiger partial charge on any atom is 0.273 e. The van der Waals surface area contributed by atoms with Crippen molar-refractivity contribution in [2.24, 2.45) is 5.73 Å². The zero-order valence-electron chi connectivity index (χ0n) is 15.3. The lowest BCUT2D eigenvalue weighted by Gasteiger charge is -2.20. The van der Waals surface area contributed by atoms with E-state index in [1.807, 2.05) is 43.0 Å². The lowest BCUT2D eigenvalue weighted by Crippen LogP contribution is -2.31. The van der Waals surface area contributed by atoms with Crippen LogP contribution in [0.5, 0.6) is 5.75 Å². The Hall–Kier alpha value is -2.06. The molecule has 1 aromatic carbocycles. The molecule has 0 aliphatic heterocycles. The first-order valence-corrected chi connectivity index (χ1v) is 8.94. The molecule has 0 heterocycles. The molecule has 0 unspecified atom stereocenters. The molecular formula is C18H26N2O4S2. The van der Waals surface area contributed by atoms with Crippen LogP contribution in [0.2, 0.25) is 0 Å². The van der Waals surface area contributed by atoms with E-state index in [0.717, 1.165) is 24.4 Å². The van der Waals surface area contributed by atoms with E-state index in [1.165, 1.54) is 0 Å². The van der Waals surface area contributed by atoms with Crippen molar-refractivity contribution in [2.45, 2.75) is 20.3 Å². The van der Waals surface area contributed by atoms with E-state index in [2.05, 4.69) is 18.4 Å². The summed E-state index contributed by atoms with van der Waals surface area (Å²) in [5.41, 5.74) is 5.29. The molecule has 0 aromatic heterocycles. The molecule has 8 heteroatoms. The zero-order chi connectivity index (χ0) is 19.9. The van der Waals surface area contributed by atoms with E-state index in [9.17, 15) is 4.79 Å². The number of hydrogen-bond donors (Lipinski definition) is 2. The van der Waals surface area contributed by atoms with E-state index in [1.54, 1.807) is 19.3 Å². The summed E-state index contributed by atoms with van der Waals surface area (Å²) < 4.78 is 10.5. The average Bonchev–Trinajstić information content (AvgIpc) is 2.61. The van der Waals surface area contributed by atoms with Crippen LogP contribution in [0.15, 0.2) is 30.3 Å². The first kappa shape index (κ1) is 23.9. The van der Waals surface area contributed by atoms with Gasteiger partial charge in [-0.15, -0.1) is 0 Å². The summed E-state index contributed by atoms with van der Waals surface area (Å²) in [6.45, 7) is 5.95. The molecule has 0 atom stereocenters. The van der Waals surface area contributed by atoms with E-state index >= 15 is 0 Å². The second-order valence-corrected chi connectivity index (χ2v) is 5.74. The van der Waals surface area contributed by atoms with Crippen LogP contribution >= 0.6 is 24.8 Å². The second-order valence-electron chi connectivity index (χ2n) is 4.95. The van der Waals surface area contributed by atoms with Gasteiger partial charge in [0.2, 0.25) is 0 Å². The third-order valence-electron chi connectivity index (χ3n) is 3.17. The van der Waals surface area contributed by atoms with Crippen LogP contribution in [-0.2, 0) is 9.53 Å². The molecule has 1 aromatic rings. The van der Waals surface area contributed by atoms with Crippen molar-refractivity contribution >= 4 is 47.1 Å². The highest BCUT2D eigenvalue weighted by Crippen LogP contribution is 2.12. The normalized spacial score (nSPS) is 9.85. The number of rotatable bonds is 8. The summed E-state index contributed by atoms with van der Waals surface area (Å²) >= 11 is 8.26. The fourth-order valence-electron chi connectivity index (χ4n) is 1.80. The van der Waals surface area contributed by atoms with Gasteiger partial charge in [-0.05, 0) is 49.8 Å². The molecule has 1 amide bonds. The standard InChI is InChI=1S/C17H23NO3S.CH3NOS/c1-4-18(5-2)17(22)21-13-12-15(19)9-6-14-7-10-16(20-3)11-8-14;2-1(3)4/h6-11H,4-5,12-13H2,1-3H3;(H3,2,3,4). The Kier molecular flexibility index (Phi) is 13.0. The summed E-state index contributed by atoms with van der Waals surface area (Å²) in [5.74, 6) is 0.806. The molecule has 0 radical (unpaired) electrons. The fraction of sp³-hybridized carbons (Fsp3) is 0.389. The predicted molar refractivity (Wildman–Crippen MR) is 112 cm³/mol. The number of hydrogen-bond acceptors (Lipinski definition) is 5. The predicted octanol–water partition coefficient (Wildman–Crippen LogP) is 3.31. The first-order chi connectivity index (χ1) is 12.3. The Labute approximate surface area is 165 Å². The summed E-state index contributed by atoms with van der Waals surface area (Å²) in [4.78, 5) is 22.8. The molecule has 0 spiro atoms. The summed E-state index contributed by atoms with van der Waals surface area (Å²) in [6.07, 6.45) is 3.66. The fourth-order valence-corrected chi connectivity index (χ4v) is 2.14. The number of thiol groups is 1. The van der Waals surface area contributed by atoms with Crippen LogP contribution < -0.4 is 10.5 Å². The molecule has 0 aliphatic rings. The highest BCUT2D eigenvalue weighted by molar-refractivity contribution is 7.96. The SMILES string of the molecule is CCN(CC)C(=S)OCCC(=O)C=Cc1ccc(OC)cc1.NC(=O)S. The Morgan fingerprint density at radius 2 is 1.77 bits per heavy atom. The number of carbonyl (C=O) groups excluding carboxylic acids is 2. The van der Waals surface area contributed by atoms with E-state index < -0.39 is 5.24 Å². The molecule has 2 N–H and O–H groups in total. The van der Waals surface area contributed by atoms with Gasteiger partial charge in [0, 0.05) is 19.5 Å². The number of ether oxygens (including phenoxy) is 2. The molecule has 144 valence electrons. The van der Waals surface area contributed by atoms with Crippen LogP contribution in [0.1, 0.15) is 25.8 Å². The van der Waals surface area contributed by atoms with Crippen LogP contribution in [-0.4, -0.2) is 47.9 Å². The van der Waals surface area contributed by atoms with Crippen molar-refractivity contribution in [3.63, 3.8) is 0 Å². The second kappa shape index (κ2) is 14.1. The molecule has 0 saturated carbocycles. The number of primary amides is 1. The summed E-state index contributed by atoms with van der Waals surface area (Å²) in [5, 5.41) is -0.183. The van der Waals surface area contributed by atoms with Crippen LogP contribution in [0, 0.1) is 0 Å². The number of carbonyl (C=O) groups is 2. The molecule has 0 saturated heterocycles. The molecule has 0 aliphatic carbocycles. The Morgan fingerprint density at radius 3 is 2.23 bits per heavy atom. The third-order valence-corrected chi connectivity index (χ3v) is 3.55. The van der Waals surface area contributed by atoms with Gasteiger partial charge in [-0.2, -0.15) is 0 Å². The van der Waals surface area contributed by atoms with E-state index in [0.29, 0.717) is 18.2 Å². The lowest BCUT2D eigenvalue weighted by atomic mass is 10.1. The Balaban J connectivity index is 0.00000141. The monoisotopic (exact) mass is 398 g/mol. The maximum absolute atomic E-state index is 11.8. The molecule has 6 nitrogen and oxygen atoms in total. The smallest absolute Gasteiger partial charge is 0.273 e. The van der Waals surface area contributed by atoms with Crippen molar-refractivity contribution in [1.29, 1.82) is 0 Å². The molecule has 0 fully saturated rings. The van der Waals surface area contributed by atoms with Crippen LogP contribution in [0.4, 0.5) is 4.79 Å². The number of benzene rings is 1. The highest BCUT2D eigenvalue weighted by Gasteiger charge is 2.06. The first-order valence-electron chi connectivity index (χ1n) is 8.09. The van der Waals surface area contributed by atoms with Gasteiger partial charge in [0.25, 0.3) is 10.4 Å². The molecule has 26 heavy (non-hydrogen) atoms. The van der Waals surface area contributed by atoms with Gasteiger partial charge < -0.3 is 20.1 Å². The number of thiocarbonyl (C=S) groups is 1. The van der Waals surface area contributed by atoms with Crippen LogP contribution in [0.3, 0.4) is 0 Å². The Bertz CT molecular complexity index is 596. The van der Waals surface area contributed by atoms with Gasteiger partial charge in [0.1, 0.15) is 5.75 Å². The van der Waals surface area contributed by atoms with Gasteiger partial charge >= 0.3 is 0 Å². The number of nitrogens with two attached hydrogens (primary N) is 1. The van der Waals surface area contributed by atoms with Crippen molar-refractivity contribution < 1.29 is 19.1 Å². The van der Waals surface area contributed by atoms with Gasteiger partial charge in [0.05, 0.1) is 13.7 Å². The van der Waals surface area contributed by atoms with Crippen molar-refractivity contribution in [3.8, 4) is 5.75 Å². The maximum atomic E-state index is 11.8. The number of ketones is 1. The van der Waals surface area contributed by atoms with E-state index in [4.69, 9.17) is 26.5 Å². The van der Waals surface area contributed by atoms with Gasteiger partial charge in [-0.25, -0.2) is 0 Å². The molecule has 0 bridgehead atoms. The van der Waals surface area contributed by atoms with Crippen LogP contribution in [0.25, 0.3) is 6.08 Å². The molecular weight excluding hydrogens is 372 g/mol. The minimum absolute atomic E-state index is 0.0122. The minimum atomic E-state index is -0.639.